The zero-order valence-corrected chi connectivity index (χ0v) is 25.1. The average molecular weight is 641 g/mol. The van der Waals surface area contributed by atoms with E-state index in [0.29, 0.717) is 10.9 Å². The number of aliphatic hydroxyl groups is 4. The maximum atomic E-state index is 13.4. The Balaban J connectivity index is 1.38. The molecule has 0 aliphatic carbocycles. The summed E-state index contributed by atoms with van der Waals surface area (Å²) in [7, 11) is 1.30. The van der Waals surface area contributed by atoms with Crippen LogP contribution in [0.5, 0.6) is 11.5 Å². The zero-order valence-electron chi connectivity index (χ0n) is 25.1. The molecule has 14 heteroatoms. The molecule has 5 aromatic rings. The molecule has 0 saturated carbocycles. The molecule has 5 N–H and O–H groups in total. The molecule has 0 radical (unpaired) electrons. The Morgan fingerprint density at radius 2 is 1.41 bits per heavy atom. The van der Waals surface area contributed by atoms with Crippen molar-refractivity contribution in [1.82, 2.24) is 0 Å². The van der Waals surface area contributed by atoms with Gasteiger partial charge in [-0.3, -0.25) is 0 Å². The Morgan fingerprint density at radius 3 is 2.15 bits per heavy atom. The molecule has 4 heterocycles. The van der Waals surface area contributed by atoms with Crippen molar-refractivity contribution >= 4 is 43.5 Å². The van der Waals surface area contributed by atoms with E-state index in [1.54, 1.807) is 26.0 Å². The minimum atomic E-state index is -1.60. The van der Waals surface area contributed by atoms with E-state index in [1.807, 2.05) is 0 Å². The number of phenolic OH excluding ortho intramolecular Hbond substituents is 1. The van der Waals surface area contributed by atoms with Crippen LogP contribution in [0.4, 0.5) is 0 Å². The van der Waals surface area contributed by atoms with E-state index in [2.05, 4.69) is 0 Å². The Kier molecular flexibility index (Phi) is 7.45. The number of fused-ring (bicyclic) bond motifs is 2. The highest BCUT2D eigenvalue weighted by atomic mass is 16.8. The van der Waals surface area contributed by atoms with Crippen molar-refractivity contribution in [1.29, 1.82) is 0 Å². The molecule has 10 atom stereocenters. The first-order chi connectivity index (χ1) is 21.9. The van der Waals surface area contributed by atoms with Crippen molar-refractivity contribution < 1.29 is 58.1 Å². The highest BCUT2D eigenvalue weighted by Gasteiger charge is 2.50. The first-order valence-corrected chi connectivity index (χ1v) is 14.7. The molecule has 2 aliphatic rings. The summed E-state index contributed by atoms with van der Waals surface area (Å²) in [4.78, 5) is 26.5. The molecule has 244 valence electrons. The predicted octanol–water partition coefficient (Wildman–Crippen LogP) is 1.37. The van der Waals surface area contributed by atoms with Crippen LogP contribution in [0.3, 0.4) is 0 Å². The van der Waals surface area contributed by atoms with Crippen LogP contribution < -0.4 is 16.0 Å². The van der Waals surface area contributed by atoms with E-state index in [4.69, 9.17) is 32.5 Å². The normalized spacial score (nSPS) is 32.2. The summed E-state index contributed by atoms with van der Waals surface area (Å²) in [6.45, 7) is 4.77. The highest BCUT2D eigenvalue weighted by Crippen LogP contribution is 2.45. The summed E-state index contributed by atoms with van der Waals surface area (Å²) < 4.78 is 40.4. The van der Waals surface area contributed by atoms with Crippen LogP contribution >= 0.6 is 0 Å². The van der Waals surface area contributed by atoms with E-state index >= 15 is 0 Å². The van der Waals surface area contributed by atoms with Crippen molar-refractivity contribution in [2.75, 3.05) is 7.11 Å². The summed E-state index contributed by atoms with van der Waals surface area (Å²) in [5.41, 5.74) is -0.899. The van der Waals surface area contributed by atoms with E-state index in [1.165, 1.54) is 32.2 Å². The molecule has 0 spiro atoms. The van der Waals surface area contributed by atoms with E-state index < -0.39 is 78.4 Å². The predicted molar refractivity (Wildman–Crippen MR) is 160 cm³/mol. The van der Waals surface area contributed by atoms with Gasteiger partial charge in [0, 0.05) is 23.3 Å². The Labute approximate surface area is 259 Å². The standard InChI is InChI=1S/C32H32O14/c1-10-8-9-15-18-16(10)29(38)45-26-17-13(23(35)20(19(18)26)30(39)43-15)6-5-7-14(17)44-32-28(24(36)21(33)11(2)42-32)46-31-25(37)27(40-4)22(34)12(3)41-31/h5-9,11-12,21-22,24-25,27-28,31-37H,1-4H3/t11-,12-,21?,22-,24+,25+,27+,28+,31+,32+/m1/s1. The van der Waals surface area contributed by atoms with Gasteiger partial charge in [-0.05, 0) is 38.5 Å². The van der Waals surface area contributed by atoms with Crippen LogP contribution in [0.25, 0.3) is 43.5 Å². The van der Waals surface area contributed by atoms with Gasteiger partial charge in [0.2, 0.25) is 6.29 Å². The fraction of sp³-hybridized carbons (Fsp3) is 0.438. The zero-order chi connectivity index (χ0) is 32.8. The molecule has 14 nitrogen and oxygen atoms in total. The highest BCUT2D eigenvalue weighted by molar-refractivity contribution is 6.28. The van der Waals surface area contributed by atoms with Crippen molar-refractivity contribution in [3.63, 3.8) is 0 Å². The summed E-state index contributed by atoms with van der Waals surface area (Å²) in [5, 5.41) is 55.1. The molecular formula is C32H32O14. The number of rotatable bonds is 5. The maximum Gasteiger partial charge on any atom is 0.348 e. The lowest BCUT2D eigenvalue weighted by Gasteiger charge is -2.46. The monoisotopic (exact) mass is 640 g/mol. The number of phenols is 1. The number of methoxy groups -OCH3 is 1. The number of aromatic hydroxyl groups is 1. The summed E-state index contributed by atoms with van der Waals surface area (Å²) in [5.74, 6) is -0.425. The molecule has 0 amide bonds. The maximum absolute atomic E-state index is 13.4. The van der Waals surface area contributed by atoms with Crippen LogP contribution in [0.15, 0.2) is 48.8 Å². The Morgan fingerprint density at radius 1 is 0.717 bits per heavy atom. The molecule has 0 bridgehead atoms. The fourth-order valence-corrected chi connectivity index (χ4v) is 6.58. The van der Waals surface area contributed by atoms with Crippen LogP contribution in [-0.4, -0.2) is 94.1 Å². The lowest BCUT2D eigenvalue weighted by Crippen LogP contribution is -2.64. The van der Waals surface area contributed by atoms with Gasteiger partial charge in [0.05, 0.1) is 23.0 Å². The quantitative estimate of drug-likeness (QED) is 0.104. The van der Waals surface area contributed by atoms with Crippen molar-refractivity contribution in [2.24, 2.45) is 0 Å². The first-order valence-electron chi connectivity index (χ1n) is 14.7. The number of aliphatic hydroxyl groups excluding tert-OH is 4. The third kappa shape index (κ3) is 4.48. The number of hydrogen-bond acceptors (Lipinski definition) is 14. The second-order valence-electron chi connectivity index (χ2n) is 11.8. The molecule has 7 rings (SSSR count). The van der Waals surface area contributed by atoms with Crippen molar-refractivity contribution in [3.8, 4) is 11.5 Å². The van der Waals surface area contributed by atoms with Crippen molar-refractivity contribution in [3.05, 3.63) is 56.7 Å². The molecule has 46 heavy (non-hydrogen) atoms. The SMILES string of the molecule is CO[C@@H]1[C@H](O)[C@H](O[C@@H]2[C@H](Oc3cccc4c(O)c5c(=O)oc6ccc(C)c7c(=O)oc(c34)c5c67)O[C@H](C)C(O)[C@@H]2O)O[C@H](C)[C@H]1O. The van der Waals surface area contributed by atoms with Crippen molar-refractivity contribution in [2.45, 2.75) is 82.2 Å². The largest absolute Gasteiger partial charge is 0.506 e. The summed E-state index contributed by atoms with van der Waals surface area (Å²) >= 11 is 0. The topological polar surface area (TPSA) is 208 Å². The van der Waals surface area contributed by atoms with Crippen LogP contribution in [0, 0.1) is 6.92 Å². The molecule has 2 aliphatic heterocycles. The third-order valence-electron chi connectivity index (χ3n) is 9.03. The fourth-order valence-electron chi connectivity index (χ4n) is 6.58. The first kappa shape index (κ1) is 30.8. The molecule has 2 saturated heterocycles. The Bertz CT molecular complexity index is 2070. The molecule has 2 aromatic heterocycles. The van der Waals surface area contributed by atoms with Gasteiger partial charge in [0.15, 0.2) is 18.0 Å². The van der Waals surface area contributed by atoms with Gasteiger partial charge >= 0.3 is 11.3 Å². The van der Waals surface area contributed by atoms with Gasteiger partial charge in [0.25, 0.3) is 0 Å². The van der Waals surface area contributed by atoms with E-state index in [0.717, 1.165) is 0 Å². The smallest absolute Gasteiger partial charge is 0.348 e. The molecule has 1 unspecified atom stereocenters. The van der Waals surface area contributed by atoms with E-state index in [9.17, 15) is 35.1 Å². The molecular weight excluding hydrogens is 608 g/mol. The van der Waals surface area contributed by atoms with Gasteiger partial charge in [-0.25, -0.2) is 9.59 Å². The van der Waals surface area contributed by atoms with Gasteiger partial charge in [-0.15, -0.1) is 0 Å². The number of hydrogen-bond donors (Lipinski definition) is 5. The van der Waals surface area contributed by atoms with Gasteiger partial charge in [-0.1, -0.05) is 18.2 Å². The number of aryl methyl sites for hydroxylation is 1. The molecule has 3 aromatic carbocycles. The van der Waals surface area contributed by atoms with E-state index in [-0.39, 0.29) is 43.8 Å². The molecule has 2 fully saturated rings. The van der Waals surface area contributed by atoms with Crippen LogP contribution in [-0.2, 0) is 18.9 Å². The van der Waals surface area contributed by atoms with Crippen LogP contribution in [0.1, 0.15) is 19.4 Å². The summed E-state index contributed by atoms with van der Waals surface area (Å²) in [6.07, 6.45) is -13.0. The second kappa shape index (κ2) is 11.1. The average Bonchev–Trinajstić information content (AvgIpc) is 3.02. The minimum Gasteiger partial charge on any atom is -0.506 e. The second-order valence-corrected chi connectivity index (χ2v) is 11.8. The van der Waals surface area contributed by atoms with Gasteiger partial charge in [-0.2, -0.15) is 0 Å². The van der Waals surface area contributed by atoms with Crippen LogP contribution in [0.2, 0.25) is 0 Å². The third-order valence-corrected chi connectivity index (χ3v) is 9.03. The number of benzene rings is 3. The van der Waals surface area contributed by atoms with Gasteiger partial charge < -0.3 is 58.1 Å². The Hall–Kier alpha value is -3.86. The lowest BCUT2D eigenvalue weighted by atomic mass is 9.95. The minimum absolute atomic E-state index is 0.00746. The summed E-state index contributed by atoms with van der Waals surface area (Å²) in [6, 6.07) is 7.70. The number of ether oxygens (including phenoxy) is 5. The lowest BCUT2D eigenvalue weighted by molar-refractivity contribution is -0.353. The van der Waals surface area contributed by atoms with Gasteiger partial charge in [0.1, 0.15) is 53.0 Å².